The molecule has 0 unspecified atom stereocenters. The van der Waals surface area contributed by atoms with Gasteiger partial charge in [-0.2, -0.15) is 0 Å². The first-order valence-electron chi connectivity index (χ1n) is 8.99. The molecule has 1 aromatic rings. The van der Waals surface area contributed by atoms with E-state index in [4.69, 9.17) is 11.5 Å². The molecule has 0 saturated carbocycles. The number of carbonyl (C=O) groups excluding carboxylic acids is 3. The van der Waals surface area contributed by atoms with Crippen LogP contribution >= 0.6 is 0 Å². The number of nitrogens with two attached hydrogens (primary N) is 2. The summed E-state index contributed by atoms with van der Waals surface area (Å²) in [7, 11) is 0. The first-order chi connectivity index (χ1) is 12.4. The lowest BCUT2D eigenvalue weighted by molar-refractivity contribution is -0.141. The number of carbonyl (C=O) groups is 3. The lowest BCUT2D eigenvalue weighted by Gasteiger charge is -2.26. The zero-order chi connectivity index (χ0) is 19.4. The number of hydrogen-bond acceptors (Lipinski definition) is 4. The van der Waals surface area contributed by atoms with E-state index in [0.717, 1.165) is 31.2 Å². The van der Waals surface area contributed by atoms with Gasteiger partial charge in [-0.3, -0.25) is 14.4 Å². The van der Waals surface area contributed by atoms with Crippen molar-refractivity contribution >= 4 is 17.7 Å². The Hall–Kier alpha value is -2.41. The molecule has 7 heteroatoms. The van der Waals surface area contributed by atoms with Crippen LogP contribution in [0.25, 0.3) is 0 Å². The maximum absolute atomic E-state index is 12.6. The van der Waals surface area contributed by atoms with Gasteiger partial charge >= 0.3 is 0 Å². The van der Waals surface area contributed by atoms with E-state index in [1.54, 1.807) is 0 Å². The van der Waals surface area contributed by atoms with E-state index in [1.165, 1.54) is 16.7 Å². The number of hydrogen-bond donors (Lipinski definition) is 2. The standard InChI is InChI=1S/C19H30N4O3/c1-16(24)22(12-8-3-2-7-11-20)15-19(26)23(14-18(21)25)13-17-9-5-4-6-10-17/h4-6,9-10H,2-3,7-8,11-15,20H2,1H3,(H2,21,25). The van der Waals surface area contributed by atoms with Crippen molar-refractivity contribution in [1.29, 1.82) is 0 Å². The fourth-order valence-electron chi connectivity index (χ4n) is 2.64. The summed E-state index contributed by atoms with van der Waals surface area (Å²) in [6, 6.07) is 9.37. The van der Waals surface area contributed by atoms with Gasteiger partial charge in [0.1, 0.15) is 0 Å². The summed E-state index contributed by atoms with van der Waals surface area (Å²) < 4.78 is 0. The van der Waals surface area contributed by atoms with Gasteiger partial charge in [-0.1, -0.05) is 43.2 Å². The highest BCUT2D eigenvalue weighted by Gasteiger charge is 2.20. The SMILES string of the molecule is CC(=O)N(CCCCCCN)CC(=O)N(CC(N)=O)Cc1ccccc1. The highest BCUT2D eigenvalue weighted by atomic mass is 16.2. The first-order valence-corrected chi connectivity index (χ1v) is 8.99. The predicted octanol–water partition coefficient (Wildman–Crippen LogP) is 0.868. The topological polar surface area (TPSA) is 110 Å². The average Bonchev–Trinajstić information content (AvgIpc) is 2.60. The molecule has 4 N–H and O–H groups in total. The summed E-state index contributed by atoms with van der Waals surface area (Å²) >= 11 is 0. The molecule has 0 atom stereocenters. The second-order valence-electron chi connectivity index (χ2n) is 6.35. The number of benzene rings is 1. The Balaban J connectivity index is 2.65. The molecule has 0 fully saturated rings. The molecule has 3 amide bonds. The second kappa shape index (κ2) is 12.0. The first kappa shape index (κ1) is 21.6. The van der Waals surface area contributed by atoms with Gasteiger partial charge in [-0.15, -0.1) is 0 Å². The number of nitrogens with zero attached hydrogens (tertiary/aromatic N) is 2. The van der Waals surface area contributed by atoms with Crippen LogP contribution in [0.15, 0.2) is 30.3 Å². The molecule has 0 bridgehead atoms. The van der Waals surface area contributed by atoms with Crippen LogP contribution in [0.2, 0.25) is 0 Å². The lowest BCUT2D eigenvalue weighted by Crippen LogP contribution is -2.45. The van der Waals surface area contributed by atoms with Crippen LogP contribution in [0.5, 0.6) is 0 Å². The Labute approximate surface area is 155 Å². The third-order valence-corrected chi connectivity index (χ3v) is 4.07. The molecule has 26 heavy (non-hydrogen) atoms. The van der Waals surface area contributed by atoms with Gasteiger partial charge in [0.25, 0.3) is 0 Å². The normalized spacial score (nSPS) is 10.4. The Morgan fingerprint density at radius 2 is 1.58 bits per heavy atom. The maximum atomic E-state index is 12.6. The van der Waals surface area contributed by atoms with E-state index >= 15 is 0 Å². The van der Waals surface area contributed by atoms with Crippen LogP contribution in [-0.4, -0.2) is 53.7 Å². The van der Waals surface area contributed by atoms with Crippen LogP contribution < -0.4 is 11.5 Å². The predicted molar refractivity (Wildman–Crippen MR) is 101 cm³/mol. The summed E-state index contributed by atoms with van der Waals surface area (Å²) in [5.41, 5.74) is 11.6. The van der Waals surface area contributed by atoms with Crippen molar-refractivity contribution in [3.05, 3.63) is 35.9 Å². The van der Waals surface area contributed by atoms with Gasteiger partial charge in [0.05, 0.1) is 13.1 Å². The van der Waals surface area contributed by atoms with Gasteiger partial charge in [0.15, 0.2) is 0 Å². The molecular weight excluding hydrogens is 332 g/mol. The quantitative estimate of drug-likeness (QED) is 0.538. The van der Waals surface area contributed by atoms with Crippen molar-refractivity contribution < 1.29 is 14.4 Å². The number of primary amides is 1. The lowest BCUT2D eigenvalue weighted by atomic mass is 10.2. The van der Waals surface area contributed by atoms with Crippen LogP contribution in [-0.2, 0) is 20.9 Å². The Kier molecular flexibility index (Phi) is 10.0. The summed E-state index contributed by atoms with van der Waals surface area (Å²) in [6.07, 6.45) is 3.76. The molecule has 0 aliphatic rings. The van der Waals surface area contributed by atoms with Gasteiger partial charge in [-0.25, -0.2) is 0 Å². The molecule has 1 rings (SSSR count). The maximum Gasteiger partial charge on any atom is 0.242 e. The van der Waals surface area contributed by atoms with Gasteiger partial charge in [0, 0.05) is 20.0 Å². The molecule has 0 radical (unpaired) electrons. The van der Waals surface area contributed by atoms with E-state index in [0.29, 0.717) is 13.1 Å². The zero-order valence-corrected chi connectivity index (χ0v) is 15.5. The van der Waals surface area contributed by atoms with Crippen LogP contribution in [0, 0.1) is 0 Å². The minimum absolute atomic E-state index is 0.0493. The van der Waals surface area contributed by atoms with Crippen molar-refractivity contribution in [1.82, 2.24) is 9.80 Å². The zero-order valence-electron chi connectivity index (χ0n) is 15.5. The van der Waals surface area contributed by atoms with Gasteiger partial charge < -0.3 is 21.3 Å². The molecule has 7 nitrogen and oxygen atoms in total. The van der Waals surface area contributed by atoms with Crippen molar-refractivity contribution in [2.45, 2.75) is 39.2 Å². The van der Waals surface area contributed by atoms with Crippen molar-refractivity contribution in [2.75, 3.05) is 26.2 Å². The largest absolute Gasteiger partial charge is 0.368 e. The summed E-state index contributed by atoms with van der Waals surface area (Å²) in [5.74, 6) is -1.02. The van der Waals surface area contributed by atoms with Gasteiger partial charge in [0.2, 0.25) is 17.7 Å². The third-order valence-electron chi connectivity index (χ3n) is 4.07. The number of rotatable bonds is 12. The van der Waals surface area contributed by atoms with Crippen LogP contribution in [0.3, 0.4) is 0 Å². The van der Waals surface area contributed by atoms with E-state index in [-0.39, 0.29) is 31.4 Å². The monoisotopic (exact) mass is 362 g/mol. The average molecular weight is 362 g/mol. The Morgan fingerprint density at radius 1 is 0.923 bits per heavy atom. The van der Waals surface area contributed by atoms with Crippen molar-refractivity contribution in [3.63, 3.8) is 0 Å². The van der Waals surface area contributed by atoms with E-state index in [9.17, 15) is 14.4 Å². The number of unbranched alkanes of at least 4 members (excludes halogenated alkanes) is 3. The van der Waals surface area contributed by atoms with Crippen LogP contribution in [0.1, 0.15) is 38.2 Å². The minimum Gasteiger partial charge on any atom is -0.368 e. The third kappa shape index (κ3) is 8.62. The molecule has 0 aliphatic heterocycles. The van der Waals surface area contributed by atoms with E-state index in [1.807, 2.05) is 30.3 Å². The minimum atomic E-state index is -0.578. The molecule has 0 spiro atoms. The van der Waals surface area contributed by atoms with E-state index in [2.05, 4.69) is 0 Å². The van der Waals surface area contributed by atoms with E-state index < -0.39 is 5.91 Å². The highest BCUT2D eigenvalue weighted by molar-refractivity contribution is 5.87. The van der Waals surface area contributed by atoms with Crippen molar-refractivity contribution in [2.24, 2.45) is 11.5 Å². The van der Waals surface area contributed by atoms with Crippen LogP contribution in [0.4, 0.5) is 0 Å². The molecule has 0 heterocycles. The molecule has 0 aliphatic carbocycles. The molecular formula is C19H30N4O3. The fraction of sp³-hybridized carbons (Fsp3) is 0.526. The molecule has 0 aromatic heterocycles. The second-order valence-corrected chi connectivity index (χ2v) is 6.35. The molecule has 1 aromatic carbocycles. The number of amides is 3. The summed E-state index contributed by atoms with van der Waals surface area (Å²) in [5, 5.41) is 0. The molecule has 0 saturated heterocycles. The fourth-order valence-corrected chi connectivity index (χ4v) is 2.64. The Bertz CT molecular complexity index is 577. The van der Waals surface area contributed by atoms with Gasteiger partial charge in [-0.05, 0) is 24.9 Å². The smallest absolute Gasteiger partial charge is 0.242 e. The van der Waals surface area contributed by atoms with Crippen molar-refractivity contribution in [3.8, 4) is 0 Å². The highest BCUT2D eigenvalue weighted by Crippen LogP contribution is 2.07. The Morgan fingerprint density at radius 3 is 2.15 bits per heavy atom. The summed E-state index contributed by atoms with van der Waals surface area (Å²) in [6.45, 7) is 2.69. The summed E-state index contributed by atoms with van der Waals surface area (Å²) in [4.78, 5) is 38.7. The molecule has 144 valence electrons.